The molecule has 0 bridgehead atoms. The summed E-state index contributed by atoms with van der Waals surface area (Å²) in [5, 5.41) is 6.42. The molecular formula is C23H26N4O3S. The van der Waals surface area contributed by atoms with Crippen LogP contribution in [-0.2, 0) is 29.0 Å². The number of aryl methyl sites for hydroxylation is 4. The third kappa shape index (κ3) is 4.54. The van der Waals surface area contributed by atoms with Crippen LogP contribution in [0, 0.1) is 6.92 Å². The summed E-state index contributed by atoms with van der Waals surface area (Å²) in [6.45, 7) is 3.94. The number of hydrogen-bond donors (Lipinski definition) is 2. The number of carbonyl (C=O) groups excluding carboxylic acids is 2. The quantitative estimate of drug-likeness (QED) is 0.608. The van der Waals surface area contributed by atoms with Crippen molar-refractivity contribution >= 4 is 44.7 Å². The molecule has 2 aromatic heterocycles. The van der Waals surface area contributed by atoms with Crippen LogP contribution in [0.4, 0.5) is 11.4 Å². The van der Waals surface area contributed by atoms with Crippen molar-refractivity contribution in [3.05, 3.63) is 50.9 Å². The summed E-state index contributed by atoms with van der Waals surface area (Å²) in [5.41, 5.74) is 3.28. The predicted octanol–water partition coefficient (Wildman–Crippen LogP) is 4.02. The van der Waals surface area contributed by atoms with Crippen LogP contribution in [0.5, 0.6) is 0 Å². The number of benzene rings is 1. The Morgan fingerprint density at radius 2 is 1.97 bits per heavy atom. The summed E-state index contributed by atoms with van der Waals surface area (Å²) in [7, 11) is 0. The van der Waals surface area contributed by atoms with E-state index in [1.807, 2.05) is 13.0 Å². The lowest BCUT2D eigenvalue weighted by Gasteiger charge is -2.12. The van der Waals surface area contributed by atoms with E-state index >= 15 is 0 Å². The first-order valence-electron chi connectivity index (χ1n) is 10.7. The number of nitrogens with one attached hydrogen (secondary N) is 2. The summed E-state index contributed by atoms with van der Waals surface area (Å²) >= 11 is 1.62. The Labute approximate surface area is 184 Å². The summed E-state index contributed by atoms with van der Waals surface area (Å²) in [6, 6.07) is 5.40. The number of nitrogens with zero attached hydrogens (tertiary/aromatic N) is 2. The molecule has 0 aliphatic heterocycles. The van der Waals surface area contributed by atoms with Crippen LogP contribution in [0.25, 0.3) is 10.2 Å². The number of carbonyl (C=O) groups is 2. The second-order valence-corrected chi connectivity index (χ2v) is 8.95. The molecular weight excluding hydrogens is 412 g/mol. The van der Waals surface area contributed by atoms with Crippen molar-refractivity contribution in [2.45, 2.75) is 58.9 Å². The van der Waals surface area contributed by atoms with E-state index in [-0.39, 0.29) is 30.3 Å². The first-order chi connectivity index (χ1) is 15.0. The third-order valence-electron chi connectivity index (χ3n) is 5.64. The van der Waals surface area contributed by atoms with Crippen LogP contribution in [0.2, 0.25) is 0 Å². The average Bonchev–Trinajstić information content (AvgIpc) is 3.15. The maximum Gasteiger partial charge on any atom is 0.262 e. The van der Waals surface area contributed by atoms with Gasteiger partial charge in [0.1, 0.15) is 4.83 Å². The van der Waals surface area contributed by atoms with Gasteiger partial charge in [-0.3, -0.25) is 19.0 Å². The van der Waals surface area contributed by atoms with Crippen molar-refractivity contribution in [2.24, 2.45) is 0 Å². The highest BCUT2D eigenvalue weighted by Gasteiger charge is 2.20. The molecule has 2 amide bonds. The van der Waals surface area contributed by atoms with Gasteiger partial charge in [-0.15, -0.1) is 11.3 Å². The van der Waals surface area contributed by atoms with E-state index in [4.69, 9.17) is 0 Å². The van der Waals surface area contributed by atoms with Crippen LogP contribution in [0.1, 0.15) is 48.6 Å². The Morgan fingerprint density at radius 1 is 1.16 bits per heavy atom. The summed E-state index contributed by atoms with van der Waals surface area (Å²) < 4.78 is 1.54. The molecule has 2 heterocycles. The van der Waals surface area contributed by atoms with Gasteiger partial charge in [0.2, 0.25) is 11.8 Å². The zero-order valence-electron chi connectivity index (χ0n) is 17.8. The minimum absolute atomic E-state index is 0.0577. The Balaban J connectivity index is 1.46. The fourth-order valence-electron chi connectivity index (χ4n) is 3.86. The minimum Gasteiger partial charge on any atom is -0.326 e. The second kappa shape index (κ2) is 9.01. The lowest BCUT2D eigenvalue weighted by Crippen LogP contribution is -2.24. The second-order valence-electron chi connectivity index (χ2n) is 7.86. The molecule has 1 aromatic carbocycles. The topological polar surface area (TPSA) is 93.1 Å². The Kier molecular flexibility index (Phi) is 6.18. The van der Waals surface area contributed by atoms with Gasteiger partial charge >= 0.3 is 0 Å². The van der Waals surface area contributed by atoms with Gasteiger partial charge in [-0.25, -0.2) is 4.98 Å². The van der Waals surface area contributed by atoms with Crippen LogP contribution in [0.15, 0.2) is 29.3 Å². The van der Waals surface area contributed by atoms with Gasteiger partial charge in [0.25, 0.3) is 5.56 Å². The first-order valence-corrected chi connectivity index (χ1v) is 11.5. The molecule has 7 nitrogen and oxygen atoms in total. The van der Waals surface area contributed by atoms with Crippen molar-refractivity contribution in [3.63, 3.8) is 0 Å². The lowest BCUT2D eigenvalue weighted by molar-refractivity contribution is -0.117. The number of thiophene rings is 1. The fraction of sp³-hybridized carbons (Fsp3) is 0.391. The summed E-state index contributed by atoms with van der Waals surface area (Å²) in [6.07, 6.45) is 6.31. The van der Waals surface area contributed by atoms with Gasteiger partial charge in [0.05, 0.1) is 11.7 Å². The predicted molar refractivity (Wildman–Crippen MR) is 124 cm³/mol. The van der Waals surface area contributed by atoms with Gasteiger partial charge < -0.3 is 10.6 Å². The number of amides is 2. The molecule has 31 heavy (non-hydrogen) atoms. The maximum absolute atomic E-state index is 13.0. The van der Waals surface area contributed by atoms with E-state index in [2.05, 4.69) is 15.6 Å². The Bertz CT molecular complexity index is 1210. The first kappa shape index (κ1) is 21.2. The van der Waals surface area contributed by atoms with Gasteiger partial charge in [-0.2, -0.15) is 0 Å². The standard InChI is InChI=1S/C23H26N4O3S/c1-3-19(28)25-15-9-8-14(2)17(12-15)26-20(29)10-11-27-13-24-22-21(23(27)30)16-6-4-5-7-18(16)31-22/h8-9,12-13H,3-7,10-11H2,1-2H3,(H,25,28)(H,26,29). The van der Waals surface area contributed by atoms with Crippen LogP contribution < -0.4 is 16.2 Å². The van der Waals surface area contributed by atoms with Gasteiger partial charge in [0.15, 0.2) is 0 Å². The fourth-order valence-corrected chi connectivity index (χ4v) is 5.08. The molecule has 162 valence electrons. The van der Waals surface area contributed by atoms with E-state index < -0.39 is 0 Å². The van der Waals surface area contributed by atoms with Gasteiger partial charge in [-0.05, 0) is 55.9 Å². The maximum atomic E-state index is 13.0. The molecule has 8 heteroatoms. The molecule has 3 aromatic rings. The molecule has 2 N–H and O–H groups in total. The van der Waals surface area contributed by atoms with E-state index in [9.17, 15) is 14.4 Å². The number of rotatable bonds is 6. The van der Waals surface area contributed by atoms with Crippen LogP contribution in [0.3, 0.4) is 0 Å². The zero-order valence-corrected chi connectivity index (χ0v) is 18.6. The van der Waals surface area contributed by atoms with E-state index in [0.29, 0.717) is 17.8 Å². The van der Waals surface area contributed by atoms with Crippen molar-refractivity contribution in [1.29, 1.82) is 0 Å². The number of aromatic nitrogens is 2. The van der Waals surface area contributed by atoms with Crippen molar-refractivity contribution in [1.82, 2.24) is 9.55 Å². The van der Waals surface area contributed by atoms with Crippen LogP contribution in [-0.4, -0.2) is 21.4 Å². The van der Waals surface area contributed by atoms with Crippen molar-refractivity contribution in [2.75, 3.05) is 10.6 Å². The van der Waals surface area contributed by atoms with Gasteiger partial charge in [0, 0.05) is 35.6 Å². The molecule has 0 spiro atoms. The highest BCUT2D eigenvalue weighted by molar-refractivity contribution is 7.18. The summed E-state index contributed by atoms with van der Waals surface area (Å²) in [4.78, 5) is 43.8. The molecule has 0 saturated heterocycles. The van der Waals surface area contributed by atoms with E-state index in [1.165, 1.54) is 9.44 Å². The van der Waals surface area contributed by atoms with E-state index in [0.717, 1.165) is 47.0 Å². The lowest BCUT2D eigenvalue weighted by atomic mass is 9.97. The van der Waals surface area contributed by atoms with Crippen molar-refractivity contribution < 1.29 is 9.59 Å². The highest BCUT2D eigenvalue weighted by atomic mass is 32.1. The Hall–Kier alpha value is -3.00. The van der Waals surface area contributed by atoms with Gasteiger partial charge in [-0.1, -0.05) is 13.0 Å². The zero-order chi connectivity index (χ0) is 22.0. The van der Waals surface area contributed by atoms with E-state index in [1.54, 1.807) is 36.7 Å². The molecule has 0 saturated carbocycles. The molecule has 4 rings (SSSR count). The van der Waals surface area contributed by atoms with Crippen molar-refractivity contribution in [3.8, 4) is 0 Å². The smallest absolute Gasteiger partial charge is 0.262 e. The average molecular weight is 439 g/mol. The molecule has 1 aliphatic carbocycles. The normalized spacial score (nSPS) is 13.1. The summed E-state index contributed by atoms with van der Waals surface area (Å²) in [5.74, 6) is -0.277. The number of fused-ring (bicyclic) bond motifs is 3. The third-order valence-corrected chi connectivity index (χ3v) is 6.84. The Morgan fingerprint density at radius 3 is 2.77 bits per heavy atom. The molecule has 0 fully saturated rings. The largest absolute Gasteiger partial charge is 0.326 e. The number of anilines is 2. The molecule has 0 unspecified atom stereocenters. The highest BCUT2D eigenvalue weighted by Crippen LogP contribution is 2.33. The molecule has 1 aliphatic rings. The SMILES string of the molecule is CCC(=O)Nc1ccc(C)c(NC(=O)CCn2cnc3sc4c(c3c2=O)CCCC4)c1. The molecule has 0 atom stereocenters. The number of hydrogen-bond acceptors (Lipinski definition) is 5. The van der Waals surface area contributed by atoms with Crippen LogP contribution >= 0.6 is 11.3 Å². The monoisotopic (exact) mass is 438 g/mol. The molecule has 0 radical (unpaired) electrons. The minimum atomic E-state index is -0.193.